The number of carbonyl (C=O) groups is 1. The summed E-state index contributed by atoms with van der Waals surface area (Å²) >= 11 is 0. The molecule has 1 amide bonds. The van der Waals surface area contributed by atoms with Crippen LogP contribution in [0.3, 0.4) is 0 Å². The number of fused-ring (bicyclic) bond motifs is 1. The Morgan fingerprint density at radius 2 is 1.95 bits per heavy atom. The summed E-state index contributed by atoms with van der Waals surface area (Å²) in [5, 5.41) is 5.06. The van der Waals surface area contributed by atoms with Crippen molar-refractivity contribution in [2.75, 3.05) is 6.61 Å². The normalized spacial score (nSPS) is 12.0. The fourth-order valence-electron chi connectivity index (χ4n) is 2.30. The Bertz CT molecular complexity index is 765. The van der Waals surface area contributed by atoms with E-state index in [0.717, 1.165) is 16.5 Å². The van der Waals surface area contributed by atoms with Gasteiger partial charge in [-0.3, -0.25) is 4.79 Å². The molecule has 0 aliphatic heterocycles. The van der Waals surface area contributed by atoms with E-state index in [2.05, 4.69) is 5.32 Å². The number of carbonyl (C=O) groups excluding carboxylic acids is 1. The van der Waals surface area contributed by atoms with Crippen molar-refractivity contribution in [2.45, 2.75) is 13.0 Å². The lowest BCUT2D eigenvalue weighted by Crippen LogP contribution is -2.31. The summed E-state index contributed by atoms with van der Waals surface area (Å²) in [5.41, 5.74) is 0. The fourth-order valence-corrected chi connectivity index (χ4v) is 2.30. The molecule has 0 radical (unpaired) electrons. The summed E-state index contributed by atoms with van der Waals surface area (Å²) in [4.78, 5) is 11.9. The number of benzene rings is 2. The van der Waals surface area contributed by atoms with Crippen LogP contribution in [0.15, 0.2) is 65.3 Å². The lowest BCUT2D eigenvalue weighted by atomic mass is 10.1. The van der Waals surface area contributed by atoms with Crippen molar-refractivity contribution in [3.63, 3.8) is 0 Å². The quantitative estimate of drug-likeness (QED) is 0.781. The van der Waals surface area contributed by atoms with Gasteiger partial charge >= 0.3 is 0 Å². The predicted molar refractivity (Wildman–Crippen MR) is 84.7 cm³/mol. The maximum atomic E-state index is 11.9. The highest BCUT2D eigenvalue weighted by atomic mass is 16.5. The second-order valence-corrected chi connectivity index (χ2v) is 5.10. The van der Waals surface area contributed by atoms with E-state index in [1.54, 1.807) is 12.3 Å². The van der Waals surface area contributed by atoms with Gasteiger partial charge in [0.15, 0.2) is 6.61 Å². The molecule has 22 heavy (non-hydrogen) atoms. The van der Waals surface area contributed by atoms with Crippen molar-refractivity contribution >= 4 is 16.7 Å². The maximum absolute atomic E-state index is 11.9. The summed E-state index contributed by atoms with van der Waals surface area (Å²) in [5.74, 6) is 1.22. The Hall–Kier alpha value is -2.75. The van der Waals surface area contributed by atoms with Gasteiger partial charge in [0.2, 0.25) is 0 Å². The van der Waals surface area contributed by atoms with Crippen molar-refractivity contribution in [2.24, 2.45) is 0 Å². The number of nitrogens with one attached hydrogen (secondary N) is 1. The standard InChI is InChI=1S/C18H17NO3/c1-13(17-7-4-10-21-17)19-18(20)12-22-16-9-8-14-5-2-3-6-15(14)11-16/h2-11,13H,12H2,1H3,(H,19,20)/t13-/m1/s1. The van der Waals surface area contributed by atoms with E-state index in [4.69, 9.17) is 9.15 Å². The second kappa shape index (κ2) is 6.35. The second-order valence-electron chi connectivity index (χ2n) is 5.10. The van der Waals surface area contributed by atoms with Gasteiger partial charge < -0.3 is 14.5 Å². The zero-order chi connectivity index (χ0) is 15.4. The summed E-state index contributed by atoms with van der Waals surface area (Å²) < 4.78 is 10.8. The Morgan fingerprint density at radius 3 is 2.73 bits per heavy atom. The molecule has 0 saturated heterocycles. The molecule has 1 aromatic heterocycles. The van der Waals surface area contributed by atoms with Crippen LogP contribution in [-0.2, 0) is 4.79 Å². The number of hydrogen-bond donors (Lipinski definition) is 1. The van der Waals surface area contributed by atoms with Crippen molar-refractivity contribution in [3.05, 3.63) is 66.6 Å². The zero-order valence-corrected chi connectivity index (χ0v) is 12.3. The minimum absolute atomic E-state index is 0.0244. The molecule has 1 heterocycles. The molecule has 112 valence electrons. The molecule has 2 aromatic carbocycles. The topological polar surface area (TPSA) is 51.5 Å². The van der Waals surface area contributed by atoms with Gasteiger partial charge in [-0.25, -0.2) is 0 Å². The van der Waals surface area contributed by atoms with Gasteiger partial charge in [0.05, 0.1) is 12.3 Å². The van der Waals surface area contributed by atoms with Crippen molar-refractivity contribution in [1.29, 1.82) is 0 Å². The van der Waals surface area contributed by atoms with Crippen molar-refractivity contribution in [3.8, 4) is 5.75 Å². The van der Waals surface area contributed by atoms with Crippen LogP contribution in [0.5, 0.6) is 5.75 Å². The smallest absolute Gasteiger partial charge is 0.258 e. The van der Waals surface area contributed by atoms with Crippen LogP contribution in [0.25, 0.3) is 10.8 Å². The number of ether oxygens (including phenoxy) is 1. The summed E-state index contributed by atoms with van der Waals surface area (Å²) in [6.45, 7) is 1.84. The third-order valence-corrected chi connectivity index (χ3v) is 3.44. The van der Waals surface area contributed by atoms with Crippen LogP contribution in [0.4, 0.5) is 0 Å². The fraction of sp³-hybridized carbons (Fsp3) is 0.167. The highest BCUT2D eigenvalue weighted by Gasteiger charge is 2.12. The van der Waals surface area contributed by atoms with Gasteiger partial charge in [-0.2, -0.15) is 0 Å². The van der Waals surface area contributed by atoms with E-state index >= 15 is 0 Å². The third kappa shape index (κ3) is 3.28. The lowest BCUT2D eigenvalue weighted by molar-refractivity contribution is -0.123. The first-order valence-corrected chi connectivity index (χ1v) is 7.17. The minimum Gasteiger partial charge on any atom is -0.484 e. The molecule has 0 fully saturated rings. The average molecular weight is 295 g/mol. The first-order chi connectivity index (χ1) is 10.7. The highest BCUT2D eigenvalue weighted by molar-refractivity contribution is 5.84. The Kier molecular flexibility index (Phi) is 4.10. The highest BCUT2D eigenvalue weighted by Crippen LogP contribution is 2.20. The number of hydrogen-bond acceptors (Lipinski definition) is 3. The van der Waals surface area contributed by atoms with Crippen molar-refractivity contribution in [1.82, 2.24) is 5.32 Å². The van der Waals surface area contributed by atoms with E-state index in [0.29, 0.717) is 5.75 Å². The Labute approximate surface area is 128 Å². The molecule has 0 aliphatic rings. The summed E-state index contributed by atoms with van der Waals surface area (Å²) in [7, 11) is 0. The van der Waals surface area contributed by atoms with Crippen LogP contribution >= 0.6 is 0 Å². The van der Waals surface area contributed by atoms with E-state index in [1.807, 2.05) is 55.5 Å². The van der Waals surface area contributed by atoms with E-state index in [9.17, 15) is 4.79 Å². The molecule has 0 aliphatic carbocycles. The molecule has 0 unspecified atom stereocenters. The van der Waals surface area contributed by atoms with Gasteiger partial charge in [0.25, 0.3) is 5.91 Å². The number of amides is 1. The van der Waals surface area contributed by atoms with Gasteiger partial charge in [0, 0.05) is 0 Å². The van der Waals surface area contributed by atoms with Crippen LogP contribution in [0.2, 0.25) is 0 Å². The Morgan fingerprint density at radius 1 is 1.14 bits per heavy atom. The predicted octanol–water partition coefficient (Wildman–Crippen LogP) is 3.69. The molecule has 1 N–H and O–H groups in total. The molecule has 4 nitrogen and oxygen atoms in total. The van der Waals surface area contributed by atoms with Gasteiger partial charge in [-0.15, -0.1) is 0 Å². The molecule has 0 bridgehead atoms. The van der Waals surface area contributed by atoms with Crippen LogP contribution in [0.1, 0.15) is 18.7 Å². The summed E-state index contributed by atoms with van der Waals surface area (Å²) in [6, 6.07) is 17.2. The molecule has 0 spiro atoms. The average Bonchev–Trinajstić information content (AvgIpc) is 3.07. The number of rotatable bonds is 5. The first-order valence-electron chi connectivity index (χ1n) is 7.17. The van der Waals surface area contributed by atoms with Gasteiger partial charge in [-0.1, -0.05) is 30.3 Å². The van der Waals surface area contributed by atoms with Crippen molar-refractivity contribution < 1.29 is 13.9 Å². The van der Waals surface area contributed by atoms with Crippen LogP contribution in [0, 0.1) is 0 Å². The van der Waals surface area contributed by atoms with E-state index in [-0.39, 0.29) is 18.6 Å². The monoisotopic (exact) mass is 295 g/mol. The molecular formula is C18H17NO3. The molecule has 3 rings (SSSR count). The van der Waals surface area contributed by atoms with Gasteiger partial charge in [-0.05, 0) is 42.0 Å². The SMILES string of the molecule is C[C@@H](NC(=O)COc1ccc2ccccc2c1)c1ccco1. The molecule has 4 heteroatoms. The lowest BCUT2D eigenvalue weighted by Gasteiger charge is -2.12. The first kappa shape index (κ1) is 14.2. The molecule has 0 saturated carbocycles. The molecule has 3 aromatic rings. The van der Waals surface area contributed by atoms with Crippen LogP contribution < -0.4 is 10.1 Å². The van der Waals surface area contributed by atoms with E-state index < -0.39 is 0 Å². The maximum Gasteiger partial charge on any atom is 0.258 e. The molecule has 1 atom stereocenters. The number of furan rings is 1. The van der Waals surface area contributed by atoms with E-state index in [1.165, 1.54) is 0 Å². The minimum atomic E-state index is -0.183. The Balaban J connectivity index is 1.57. The largest absolute Gasteiger partial charge is 0.484 e. The third-order valence-electron chi connectivity index (χ3n) is 3.44. The van der Waals surface area contributed by atoms with Gasteiger partial charge in [0.1, 0.15) is 11.5 Å². The zero-order valence-electron chi connectivity index (χ0n) is 12.3. The summed E-state index contributed by atoms with van der Waals surface area (Å²) in [6.07, 6.45) is 1.59. The van der Waals surface area contributed by atoms with Crippen LogP contribution in [-0.4, -0.2) is 12.5 Å². The molecular weight excluding hydrogens is 278 g/mol.